The van der Waals surface area contributed by atoms with E-state index in [2.05, 4.69) is 0 Å². The number of hydrogen-bond acceptors (Lipinski definition) is 2. The number of amides is 1. The number of carbonyl (C=O) groups excluding carboxylic acids is 1. The summed E-state index contributed by atoms with van der Waals surface area (Å²) in [7, 11) is 0. The molecule has 1 saturated heterocycles. The Hall–Kier alpha value is -0.850. The van der Waals surface area contributed by atoms with Gasteiger partial charge in [-0.15, -0.1) is 0 Å². The molecule has 1 heterocycles. The van der Waals surface area contributed by atoms with E-state index in [4.69, 9.17) is 5.73 Å². The maximum atomic E-state index is 12.8. The van der Waals surface area contributed by atoms with Gasteiger partial charge in [0, 0.05) is 13.1 Å². The van der Waals surface area contributed by atoms with Crippen LogP contribution in [0.1, 0.15) is 19.3 Å². The minimum Gasteiger partial charge on any atom is -0.337 e. The standard InChI is InChI=1S/C10H16F4N2O/c11-8(12)10(13,14)9(17)16-5-2-7(1-4-15)3-6-16/h7-8H,1-6,15H2. The van der Waals surface area contributed by atoms with Crippen LogP contribution in [0, 0.1) is 5.92 Å². The van der Waals surface area contributed by atoms with E-state index < -0.39 is 18.3 Å². The molecule has 100 valence electrons. The molecule has 0 saturated carbocycles. The lowest BCUT2D eigenvalue weighted by molar-refractivity contribution is -0.181. The second kappa shape index (κ2) is 5.66. The lowest BCUT2D eigenvalue weighted by atomic mass is 9.93. The van der Waals surface area contributed by atoms with Gasteiger partial charge in [-0.2, -0.15) is 8.78 Å². The summed E-state index contributed by atoms with van der Waals surface area (Å²) < 4.78 is 49.6. The first kappa shape index (κ1) is 14.2. The zero-order valence-corrected chi connectivity index (χ0v) is 9.34. The molecule has 0 atom stereocenters. The molecule has 1 aliphatic rings. The van der Waals surface area contributed by atoms with Crippen LogP contribution in [0.4, 0.5) is 17.6 Å². The fraction of sp³-hybridized carbons (Fsp3) is 0.900. The zero-order chi connectivity index (χ0) is 13.1. The van der Waals surface area contributed by atoms with Gasteiger partial charge in [0.2, 0.25) is 0 Å². The van der Waals surface area contributed by atoms with Crippen molar-refractivity contribution in [2.75, 3.05) is 19.6 Å². The van der Waals surface area contributed by atoms with Gasteiger partial charge in [-0.3, -0.25) is 4.79 Å². The molecular formula is C10H16F4N2O. The molecule has 0 bridgehead atoms. The predicted molar refractivity (Wildman–Crippen MR) is 53.9 cm³/mol. The monoisotopic (exact) mass is 256 g/mol. The van der Waals surface area contributed by atoms with Crippen molar-refractivity contribution in [3.05, 3.63) is 0 Å². The highest BCUT2D eigenvalue weighted by Crippen LogP contribution is 2.28. The topological polar surface area (TPSA) is 46.3 Å². The Kier molecular flexibility index (Phi) is 4.73. The highest BCUT2D eigenvalue weighted by atomic mass is 19.3. The summed E-state index contributed by atoms with van der Waals surface area (Å²) in [5.74, 6) is -6.04. The van der Waals surface area contributed by atoms with Crippen LogP contribution in [0.3, 0.4) is 0 Å². The lowest BCUT2D eigenvalue weighted by Crippen LogP contribution is -2.50. The van der Waals surface area contributed by atoms with Crippen LogP contribution in [-0.4, -0.2) is 42.8 Å². The van der Waals surface area contributed by atoms with Crippen LogP contribution < -0.4 is 5.73 Å². The minimum atomic E-state index is -4.57. The normalized spacial score (nSPS) is 18.8. The van der Waals surface area contributed by atoms with Gasteiger partial charge in [0.25, 0.3) is 5.91 Å². The molecule has 0 unspecified atom stereocenters. The minimum absolute atomic E-state index is 0.103. The van der Waals surface area contributed by atoms with Gasteiger partial charge >= 0.3 is 12.3 Å². The first-order valence-corrected chi connectivity index (χ1v) is 5.55. The Morgan fingerprint density at radius 3 is 2.29 bits per heavy atom. The van der Waals surface area contributed by atoms with Gasteiger partial charge in [0.15, 0.2) is 0 Å². The fourth-order valence-corrected chi connectivity index (χ4v) is 1.96. The molecule has 1 aliphatic heterocycles. The number of rotatable bonds is 4. The molecule has 7 heteroatoms. The van der Waals surface area contributed by atoms with Crippen LogP contribution in [-0.2, 0) is 4.79 Å². The number of nitrogens with zero attached hydrogens (tertiary/aromatic N) is 1. The van der Waals surface area contributed by atoms with Gasteiger partial charge in [-0.05, 0) is 31.7 Å². The van der Waals surface area contributed by atoms with Crippen LogP contribution in [0.25, 0.3) is 0 Å². The van der Waals surface area contributed by atoms with Gasteiger partial charge in [-0.1, -0.05) is 0 Å². The predicted octanol–water partition coefficient (Wildman–Crippen LogP) is 1.47. The summed E-state index contributed by atoms with van der Waals surface area (Å²) in [6, 6.07) is 0. The molecule has 2 N–H and O–H groups in total. The summed E-state index contributed by atoms with van der Waals surface area (Å²) >= 11 is 0. The highest BCUT2D eigenvalue weighted by molar-refractivity contribution is 5.84. The molecule has 0 aromatic heterocycles. The molecule has 1 fully saturated rings. The largest absolute Gasteiger partial charge is 0.383 e. The summed E-state index contributed by atoms with van der Waals surface area (Å²) in [4.78, 5) is 12.0. The molecule has 1 amide bonds. The average Bonchev–Trinajstić information content (AvgIpc) is 2.29. The molecule has 17 heavy (non-hydrogen) atoms. The fourth-order valence-electron chi connectivity index (χ4n) is 1.96. The van der Waals surface area contributed by atoms with E-state index in [1.165, 1.54) is 0 Å². The molecule has 0 aromatic carbocycles. The van der Waals surface area contributed by atoms with Gasteiger partial charge in [0.05, 0.1) is 0 Å². The van der Waals surface area contributed by atoms with E-state index in [0.29, 0.717) is 25.3 Å². The Bertz CT molecular complexity index is 265. The van der Waals surface area contributed by atoms with Crippen molar-refractivity contribution in [3.8, 4) is 0 Å². The van der Waals surface area contributed by atoms with Crippen LogP contribution in [0.5, 0.6) is 0 Å². The van der Waals surface area contributed by atoms with Crippen molar-refractivity contribution in [2.24, 2.45) is 11.7 Å². The van der Waals surface area contributed by atoms with Gasteiger partial charge in [-0.25, -0.2) is 8.78 Å². The lowest BCUT2D eigenvalue weighted by Gasteiger charge is -2.33. The Morgan fingerprint density at radius 1 is 1.35 bits per heavy atom. The molecule has 0 aliphatic carbocycles. The van der Waals surface area contributed by atoms with Crippen LogP contribution in [0.2, 0.25) is 0 Å². The van der Waals surface area contributed by atoms with Crippen molar-refractivity contribution in [1.29, 1.82) is 0 Å². The number of halogens is 4. The number of nitrogens with two attached hydrogens (primary N) is 1. The number of alkyl halides is 4. The molecule has 0 spiro atoms. The SMILES string of the molecule is NCCC1CCN(C(=O)C(F)(F)C(F)F)CC1. The van der Waals surface area contributed by atoms with Crippen LogP contribution >= 0.6 is 0 Å². The summed E-state index contributed by atoms with van der Waals surface area (Å²) in [5, 5.41) is 0. The number of likely N-dealkylation sites (tertiary alicyclic amines) is 1. The zero-order valence-electron chi connectivity index (χ0n) is 9.34. The second-order valence-electron chi connectivity index (χ2n) is 4.24. The van der Waals surface area contributed by atoms with Crippen molar-refractivity contribution >= 4 is 5.91 Å². The Balaban J connectivity index is 2.51. The summed E-state index contributed by atoms with van der Waals surface area (Å²) in [6.07, 6.45) is -2.09. The molecule has 0 radical (unpaired) electrons. The van der Waals surface area contributed by atoms with Crippen LogP contribution in [0.15, 0.2) is 0 Å². The smallest absolute Gasteiger partial charge is 0.337 e. The first-order valence-electron chi connectivity index (χ1n) is 5.55. The third kappa shape index (κ3) is 3.31. The van der Waals surface area contributed by atoms with E-state index in [0.717, 1.165) is 11.3 Å². The van der Waals surface area contributed by atoms with Gasteiger partial charge in [0.1, 0.15) is 0 Å². The maximum Gasteiger partial charge on any atom is 0.383 e. The summed E-state index contributed by atoms with van der Waals surface area (Å²) in [5.41, 5.74) is 5.36. The van der Waals surface area contributed by atoms with E-state index in [1.54, 1.807) is 0 Å². The quantitative estimate of drug-likeness (QED) is 0.774. The van der Waals surface area contributed by atoms with Crippen molar-refractivity contribution in [2.45, 2.75) is 31.6 Å². The van der Waals surface area contributed by atoms with Crippen molar-refractivity contribution in [3.63, 3.8) is 0 Å². The van der Waals surface area contributed by atoms with Crippen molar-refractivity contribution in [1.82, 2.24) is 4.90 Å². The summed E-state index contributed by atoms with van der Waals surface area (Å²) in [6.45, 7) is 0.712. The molecule has 3 nitrogen and oxygen atoms in total. The van der Waals surface area contributed by atoms with E-state index in [9.17, 15) is 22.4 Å². The van der Waals surface area contributed by atoms with E-state index in [1.807, 2.05) is 0 Å². The molecule has 1 rings (SSSR count). The number of piperidine rings is 1. The molecule has 0 aromatic rings. The van der Waals surface area contributed by atoms with Crippen molar-refractivity contribution < 1.29 is 22.4 Å². The Labute approximate surface area is 96.9 Å². The third-order valence-electron chi connectivity index (χ3n) is 3.04. The van der Waals surface area contributed by atoms with Gasteiger partial charge < -0.3 is 10.6 Å². The second-order valence-corrected chi connectivity index (χ2v) is 4.24. The number of hydrogen-bond donors (Lipinski definition) is 1. The van der Waals surface area contributed by atoms with E-state index >= 15 is 0 Å². The van der Waals surface area contributed by atoms with E-state index in [-0.39, 0.29) is 13.1 Å². The highest BCUT2D eigenvalue weighted by Gasteiger charge is 2.51. The maximum absolute atomic E-state index is 12.8. The third-order valence-corrected chi connectivity index (χ3v) is 3.04. The molecular weight excluding hydrogens is 240 g/mol. The average molecular weight is 256 g/mol. The number of carbonyl (C=O) groups is 1. The Morgan fingerprint density at radius 2 is 1.88 bits per heavy atom. The first-order chi connectivity index (χ1) is 7.89.